The number of non-ortho nitro benzene ring substituents is 1. The Hall–Kier alpha value is -5.61. The Morgan fingerprint density at radius 2 is 1.19 bits per heavy atom. The third-order valence-corrected chi connectivity index (χ3v) is 10.3. The van der Waals surface area contributed by atoms with Crippen molar-refractivity contribution in [2.45, 2.75) is 63.3 Å². The Bertz CT molecular complexity index is 2240. The lowest BCUT2D eigenvalue weighted by Gasteiger charge is -2.34. The van der Waals surface area contributed by atoms with Crippen LogP contribution in [0.3, 0.4) is 0 Å². The lowest BCUT2D eigenvalue weighted by molar-refractivity contribution is -0.384. The van der Waals surface area contributed by atoms with Gasteiger partial charge in [-0.25, -0.2) is 0 Å². The predicted octanol–water partition coefficient (Wildman–Crippen LogP) is 6.88. The van der Waals surface area contributed by atoms with Gasteiger partial charge in [0.15, 0.2) is 17.3 Å². The number of aliphatic hydroxyl groups is 3. The molecule has 0 radical (unpaired) electrons. The van der Waals surface area contributed by atoms with Crippen LogP contribution in [-0.2, 0) is 18.3 Å². The van der Waals surface area contributed by atoms with Crippen LogP contribution in [0.1, 0.15) is 104 Å². The molecule has 0 amide bonds. The molecule has 1 atom stereocenters. The highest BCUT2D eigenvalue weighted by atomic mass is 16.6. The van der Waals surface area contributed by atoms with Gasteiger partial charge in [0.25, 0.3) is 5.69 Å². The first-order valence-corrected chi connectivity index (χ1v) is 17.0. The lowest BCUT2D eigenvalue weighted by Crippen LogP contribution is -2.33. The van der Waals surface area contributed by atoms with Crippen LogP contribution in [-0.4, -0.2) is 48.8 Å². The second kappa shape index (κ2) is 12.3. The van der Waals surface area contributed by atoms with Gasteiger partial charge in [-0.05, 0) is 103 Å². The molecule has 2 aliphatic rings. The topological polar surface area (TPSA) is 155 Å². The molecule has 9 heteroatoms. The van der Waals surface area contributed by atoms with Crippen LogP contribution in [0.2, 0.25) is 0 Å². The van der Waals surface area contributed by atoms with Crippen LogP contribution in [0, 0.1) is 10.1 Å². The molecule has 52 heavy (non-hydrogen) atoms. The van der Waals surface area contributed by atoms with Crippen molar-refractivity contribution in [3.8, 4) is 11.1 Å². The summed E-state index contributed by atoms with van der Waals surface area (Å²) in [7, 11) is 0. The molecule has 5 aromatic rings. The quantitative estimate of drug-likeness (QED) is 0.0857. The van der Waals surface area contributed by atoms with E-state index < -0.39 is 39.2 Å². The van der Waals surface area contributed by atoms with Crippen LogP contribution in [0.15, 0.2) is 103 Å². The third-order valence-electron chi connectivity index (χ3n) is 10.3. The molecule has 0 spiro atoms. The van der Waals surface area contributed by atoms with E-state index in [4.69, 9.17) is 0 Å². The van der Waals surface area contributed by atoms with E-state index in [-0.39, 0.29) is 11.5 Å². The fourth-order valence-corrected chi connectivity index (χ4v) is 7.73. The first kappa shape index (κ1) is 34.8. The fraction of sp³-hybridized carbons (Fsp3) is 0.233. The van der Waals surface area contributed by atoms with E-state index in [1.807, 2.05) is 12.1 Å². The molecular weight excluding hydrogens is 658 g/mol. The molecule has 0 aliphatic heterocycles. The van der Waals surface area contributed by atoms with Gasteiger partial charge in [0.2, 0.25) is 0 Å². The highest BCUT2D eigenvalue weighted by Gasteiger charge is 2.46. The number of carbonyl (C=O) groups is 3. The minimum Gasteiger partial charge on any atom is -0.384 e. The standard InChI is InChI=1S/C43H37NO8/c1-41(2,49)39(47)26-13-9-24(10-14-26)22-43(23-25-11-15-27(16-12-25)40(48)42(3,4)50)35-19-28(44(51)52)17-18-29(35)32-20-33-34(21-36(32)43)38(46)31-8-6-5-7-30(31)37(33)45/h5-21,37,45,49-50H,22-23H2,1-4H3. The van der Waals surface area contributed by atoms with Crippen molar-refractivity contribution in [1.29, 1.82) is 0 Å². The second-order valence-corrected chi connectivity index (χ2v) is 14.9. The number of benzene rings is 5. The molecule has 3 N–H and O–H groups in total. The molecule has 0 saturated carbocycles. The summed E-state index contributed by atoms with van der Waals surface area (Å²) < 4.78 is 0. The number of fused-ring (bicyclic) bond motifs is 5. The SMILES string of the molecule is CC(C)(O)C(=O)c1ccc(CC2(Cc3ccc(C(=O)C(C)(C)O)cc3)c3cc([N+](=O)[O-])ccc3-c3cc4c(cc32)C(=O)c2ccccc2C4O)cc1. The molecule has 0 heterocycles. The first-order valence-electron chi connectivity index (χ1n) is 17.0. The molecule has 0 bridgehead atoms. The summed E-state index contributed by atoms with van der Waals surface area (Å²) in [5.74, 6) is -1.12. The number of rotatable bonds is 9. The average molecular weight is 696 g/mol. The van der Waals surface area contributed by atoms with Crippen molar-refractivity contribution < 1.29 is 34.6 Å². The monoisotopic (exact) mass is 695 g/mol. The average Bonchev–Trinajstić information content (AvgIpc) is 3.36. The number of hydrogen-bond donors (Lipinski definition) is 3. The summed E-state index contributed by atoms with van der Waals surface area (Å²) in [6, 6.07) is 29.1. The number of ketones is 3. The minimum atomic E-state index is -1.57. The molecule has 2 aliphatic carbocycles. The molecule has 262 valence electrons. The molecular formula is C43H37NO8. The predicted molar refractivity (Wildman–Crippen MR) is 195 cm³/mol. The van der Waals surface area contributed by atoms with Gasteiger partial charge in [0.05, 0.1) is 4.92 Å². The normalized spacial score (nSPS) is 15.7. The Labute approximate surface area is 300 Å². The highest BCUT2D eigenvalue weighted by molar-refractivity contribution is 6.13. The summed E-state index contributed by atoms with van der Waals surface area (Å²) in [6.07, 6.45) is -0.476. The third kappa shape index (κ3) is 5.77. The maximum atomic E-state index is 14.1. The Balaban J connectivity index is 1.45. The lowest BCUT2D eigenvalue weighted by atomic mass is 9.68. The van der Waals surface area contributed by atoms with Gasteiger partial charge in [0.1, 0.15) is 17.3 Å². The van der Waals surface area contributed by atoms with Gasteiger partial charge in [-0.1, -0.05) is 72.8 Å². The number of carbonyl (C=O) groups excluding carboxylic acids is 3. The number of aliphatic hydroxyl groups excluding tert-OH is 1. The van der Waals surface area contributed by atoms with Gasteiger partial charge in [-0.3, -0.25) is 24.5 Å². The Morgan fingerprint density at radius 1 is 0.673 bits per heavy atom. The van der Waals surface area contributed by atoms with Gasteiger partial charge >= 0.3 is 0 Å². The van der Waals surface area contributed by atoms with Crippen molar-refractivity contribution in [3.05, 3.63) is 169 Å². The Kier molecular flexibility index (Phi) is 8.21. The number of hydrogen-bond acceptors (Lipinski definition) is 8. The van der Waals surface area contributed by atoms with Crippen LogP contribution >= 0.6 is 0 Å². The molecule has 1 unspecified atom stereocenters. The van der Waals surface area contributed by atoms with E-state index in [1.165, 1.54) is 33.8 Å². The minimum absolute atomic E-state index is 0.110. The van der Waals surface area contributed by atoms with Crippen LogP contribution < -0.4 is 0 Å². The molecule has 0 aromatic heterocycles. The van der Waals surface area contributed by atoms with Crippen LogP contribution in [0.5, 0.6) is 0 Å². The zero-order valence-electron chi connectivity index (χ0n) is 29.1. The van der Waals surface area contributed by atoms with Crippen molar-refractivity contribution in [1.82, 2.24) is 0 Å². The van der Waals surface area contributed by atoms with E-state index in [0.717, 1.165) is 27.8 Å². The van der Waals surface area contributed by atoms with E-state index >= 15 is 0 Å². The maximum Gasteiger partial charge on any atom is 0.269 e. The van der Waals surface area contributed by atoms with Gasteiger partial charge in [-0.15, -0.1) is 0 Å². The Morgan fingerprint density at radius 3 is 1.71 bits per heavy atom. The maximum absolute atomic E-state index is 14.1. The number of Topliss-reactive ketones (excluding diaryl/α,β-unsaturated/α-hetero) is 2. The fourth-order valence-electron chi connectivity index (χ4n) is 7.73. The van der Waals surface area contributed by atoms with E-state index in [9.17, 15) is 39.8 Å². The summed E-state index contributed by atoms with van der Waals surface area (Å²) >= 11 is 0. The summed E-state index contributed by atoms with van der Waals surface area (Å²) in [5.41, 5.74) is 2.55. The number of nitro benzene ring substituents is 1. The molecule has 7 rings (SSSR count). The highest BCUT2D eigenvalue weighted by Crippen LogP contribution is 2.55. The van der Waals surface area contributed by atoms with E-state index in [2.05, 4.69) is 0 Å². The van der Waals surface area contributed by atoms with Crippen molar-refractivity contribution in [2.24, 2.45) is 0 Å². The number of nitrogens with zero attached hydrogens (tertiary/aromatic N) is 1. The van der Waals surface area contributed by atoms with Crippen LogP contribution in [0.4, 0.5) is 5.69 Å². The van der Waals surface area contributed by atoms with Gasteiger partial charge in [0, 0.05) is 39.8 Å². The van der Waals surface area contributed by atoms with E-state index in [1.54, 1.807) is 84.9 Å². The largest absolute Gasteiger partial charge is 0.384 e. The second-order valence-electron chi connectivity index (χ2n) is 14.9. The van der Waals surface area contributed by atoms with Crippen molar-refractivity contribution >= 4 is 23.0 Å². The van der Waals surface area contributed by atoms with Crippen molar-refractivity contribution in [3.63, 3.8) is 0 Å². The summed E-state index contributed by atoms with van der Waals surface area (Å²) in [5, 5.41) is 44.5. The molecule has 5 aromatic carbocycles. The van der Waals surface area contributed by atoms with E-state index in [0.29, 0.717) is 51.8 Å². The molecule has 0 saturated heterocycles. The summed E-state index contributed by atoms with van der Waals surface area (Å²) in [4.78, 5) is 51.6. The zero-order valence-corrected chi connectivity index (χ0v) is 29.1. The van der Waals surface area contributed by atoms with Crippen molar-refractivity contribution in [2.75, 3.05) is 0 Å². The summed E-state index contributed by atoms with van der Waals surface area (Å²) in [6.45, 7) is 5.70. The smallest absolute Gasteiger partial charge is 0.269 e. The van der Waals surface area contributed by atoms with Crippen LogP contribution in [0.25, 0.3) is 11.1 Å². The zero-order chi connectivity index (χ0) is 37.3. The first-order chi connectivity index (χ1) is 24.5. The van der Waals surface area contributed by atoms with Gasteiger partial charge in [-0.2, -0.15) is 0 Å². The molecule has 9 nitrogen and oxygen atoms in total. The van der Waals surface area contributed by atoms with Gasteiger partial charge < -0.3 is 15.3 Å². The molecule has 0 fully saturated rings. The number of nitro groups is 1.